The van der Waals surface area contributed by atoms with Crippen molar-refractivity contribution < 1.29 is 8.42 Å². The van der Waals surface area contributed by atoms with E-state index in [9.17, 15) is 8.42 Å². The van der Waals surface area contributed by atoms with Gasteiger partial charge in [0.05, 0.1) is 11.9 Å². The molecule has 1 aromatic heterocycles. The monoisotopic (exact) mass is 326 g/mol. The lowest BCUT2D eigenvalue weighted by atomic mass is 10.4. The standard InChI is InChI=1S/C10H16Cl2N4O2S/c1-3-16(19(2,17)18)6-4-5-13-8-7-9(11)14-15-10(8)12/h7H,3-6H2,1-2H3,(H,13,14). The molecule has 0 aliphatic heterocycles. The van der Waals surface area contributed by atoms with Crippen LogP contribution in [-0.4, -0.2) is 48.8 Å². The topological polar surface area (TPSA) is 75.2 Å². The van der Waals surface area contributed by atoms with Crippen LogP contribution in [0, 0.1) is 0 Å². The van der Waals surface area contributed by atoms with Gasteiger partial charge in [-0.3, -0.25) is 0 Å². The summed E-state index contributed by atoms with van der Waals surface area (Å²) in [4.78, 5) is 0. The van der Waals surface area contributed by atoms with E-state index in [1.807, 2.05) is 0 Å². The SMILES string of the molecule is CCN(CCCNc1cc(Cl)nnc1Cl)S(C)(=O)=O. The summed E-state index contributed by atoms with van der Waals surface area (Å²) in [5.41, 5.74) is 0.587. The second-order valence-corrected chi connectivity index (χ2v) is 6.63. The van der Waals surface area contributed by atoms with Gasteiger partial charge in [-0.15, -0.1) is 10.2 Å². The van der Waals surface area contributed by atoms with Crippen LogP contribution in [0.1, 0.15) is 13.3 Å². The molecule has 0 fully saturated rings. The molecule has 108 valence electrons. The summed E-state index contributed by atoms with van der Waals surface area (Å²) in [5, 5.41) is 10.8. The number of hydrogen-bond donors (Lipinski definition) is 1. The number of nitrogens with zero attached hydrogens (tertiary/aromatic N) is 3. The third kappa shape index (κ3) is 5.48. The molecular weight excluding hydrogens is 311 g/mol. The minimum atomic E-state index is -3.14. The molecule has 0 saturated carbocycles. The van der Waals surface area contributed by atoms with Gasteiger partial charge in [-0.2, -0.15) is 0 Å². The number of nitrogens with one attached hydrogen (secondary N) is 1. The van der Waals surface area contributed by atoms with Gasteiger partial charge in [-0.1, -0.05) is 30.1 Å². The smallest absolute Gasteiger partial charge is 0.211 e. The minimum absolute atomic E-state index is 0.236. The predicted molar refractivity (Wildman–Crippen MR) is 77.2 cm³/mol. The van der Waals surface area contributed by atoms with Crippen LogP contribution in [-0.2, 0) is 10.0 Å². The fourth-order valence-corrected chi connectivity index (χ4v) is 2.75. The van der Waals surface area contributed by atoms with Crippen LogP contribution in [0.4, 0.5) is 5.69 Å². The van der Waals surface area contributed by atoms with E-state index in [4.69, 9.17) is 23.2 Å². The molecule has 19 heavy (non-hydrogen) atoms. The predicted octanol–water partition coefficient (Wildman–Crippen LogP) is 1.87. The van der Waals surface area contributed by atoms with Crippen LogP contribution in [0.25, 0.3) is 0 Å². The number of aromatic nitrogens is 2. The zero-order chi connectivity index (χ0) is 14.5. The molecule has 1 heterocycles. The van der Waals surface area contributed by atoms with Crippen molar-refractivity contribution in [2.24, 2.45) is 0 Å². The third-order valence-corrected chi connectivity index (χ3v) is 4.28. The molecule has 0 aliphatic carbocycles. The van der Waals surface area contributed by atoms with Gasteiger partial charge in [0, 0.05) is 25.7 Å². The second-order valence-electron chi connectivity index (χ2n) is 3.91. The number of anilines is 1. The normalized spacial score (nSPS) is 11.8. The molecule has 0 bridgehead atoms. The van der Waals surface area contributed by atoms with Crippen molar-refractivity contribution in [2.75, 3.05) is 31.2 Å². The third-order valence-electron chi connectivity index (χ3n) is 2.44. The van der Waals surface area contributed by atoms with Crippen molar-refractivity contribution >= 4 is 38.9 Å². The molecule has 0 radical (unpaired) electrons. The van der Waals surface area contributed by atoms with Gasteiger partial charge < -0.3 is 5.32 Å². The van der Waals surface area contributed by atoms with Gasteiger partial charge in [0.1, 0.15) is 0 Å². The summed E-state index contributed by atoms with van der Waals surface area (Å²) in [6, 6.07) is 1.57. The molecule has 0 unspecified atom stereocenters. The van der Waals surface area contributed by atoms with E-state index in [0.717, 1.165) is 0 Å². The van der Waals surface area contributed by atoms with Crippen LogP contribution in [0.3, 0.4) is 0 Å². The number of sulfonamides is 1. The van der Waals surface area contributed by atoms with E-state index in [2.05, 4.69) is 15.5 Å². The largest absolute Gasteiger partial charge is 0.382 e. The fourth-order valence-electron chi connectivity index (χ4n) is 1.51. The number of hydrogen-bond acceptors (Lipinski definition) is 5. The molecule has 0 aliphatic rings. The van der Waals surface area contributed by atoms with Crippen molar-refractivity contribution in [3.63, 3.8) is 0 Å². The van der Waals surface area contributed by atoms with Crippen molar-refractivity contribution in [1.82, 2.24) is 14.5 Å². The molecule has 0 spiro atoms. The van der Waals surface area contributed by atoms with Crippen molar-refractivity contribution in [2.45, 2.75) is 13.3 Å². The molecule has 1 N–H and O–H groups in total. The molecular formula is C10H16Cl2N4O2S. The lowest BCUT2D eigenvalue weighted by molar-refractivity contribution is 0.429. The summed E-state index contributed by atoms with van der Waals surface area (Å²) in [6.07, 6.45) is 1.85. The molecule has 0 saturated heterocycles. The maximum Gasteiger partial charge on any atom is 0.211 e. The molecule has 1 aromatic rings. The molecule has 1 rings (SSSR count). The quantitative estimate of drug-likeness (QED) is 0.774. The first-order chi connectivity index (χ1) is 8.84. The lowest BCUT2D eigenvalue weighted by Crippen LogP contribution is -2.31. The lowest BCUT2D eigenvalue weighted by Gasteiger charge is -2.17. The Kier molecular flexibility index (Phi) is 6.25. The van der Waals surface area contributed by atoms with Gasteiger partial charge in [0.25, 0.3) is 0 Å². The van der Waals surface area contributed by atoms with Gasteiger partial charge in [-0.05, 0) is 6.42 Å². The van der Waals surface area contributed by atoms with Crippen LogP contribution < -0.4 is 5.32 Å². The van der Waals surface area contributed by atoms with Gasteiger partial charge in [0.15, 0.2) is 10.3 Å². The average Bonchev–Trinajstić information content (AvgIpc) is 2.31. The highest BCUT2D eigenvalue weighted by Gasteiger charge is 2.13. The Morgan fingerprint density at radius 2 is 2.05 bits per heavy atom. The Morgan fingerprint density at radius 1 is 1.37 bits per heavy atom. The summed E-state index contributed by atoms with van der Waals surface area (Å²) in [6.45, 7) is 3.28. The van der Waals surface area contributed by atoms with E-state index in [-0.39, 0.29) is 10.3 Å². The Bertz CT molecular complexity index is 524. The van der Waals surface area contributed by atoms with Crippen LogP contribution in [0.15, 0.2) is 6.07 Å². The van der Waals surface area contributed by atoms with Crippen molar-refractivity contribution in [3.8, 4) is 0 Å². The highest BCUT2D eigenvalue weighted by molar-refractivity contribution is 7.88. The Labute approximate surface area is 123 Å². The number of rotatable bonds is 7. The van der Waals surface area contributed by atoms with E-state index in [1.165, 1.54) is 10.6 Å². The zero-order valence-corrected chi connectivity index (χ0v) is 13.1. The minimum Gasteiger partial charge on any atom is -0.382 e. The Morgan fingerprint density at radius 3 is 2.63 bits per heavy atom. The van der Waals surface area contributed by atoms with E-state index in [0.29, 0.717) is 31.7 Å². The Balaban J connectivity index is 2.45. The maximum atomic E-state index is 11.4. The van der Waals surface area contributed by atoms with E-state index >= 15 is 0 Å². The van der Waals surface area contributed by atoms with Gasteiger partial charge in [0.2, 0.25) is 10.0 Å². The summed E-state index contributed by atoms with van der Waals surface area (Å²) >= 11 is 11.5. The number of halogens is 2. The van der Waals surface area contributed by atoms with Gasteiger partial charge >= 0.3 is 0 Å². The molecule has 0 atom stereocenters. The summed E-state index contributed by atoms with van der Waals surface area (Å²) in [7, 11) is -3.14. The first-order valence-electron chi connectivity index (χ1n) is 5.72. The average molecular weight is 327 g/mol. The highest BCUT2D eigenvalue weighted by atomic mass is 35.5. The first-order valence-corrected chi connectivity index (χ1v) is 8.32. The maximum absolute atomic E-state index is 11.4. The van der Waals surface area contributed by atoms with Crippen LogP contribution >= 0.6 is 23.2 Å². The molecule has 9 heteroatoms. The Hall–Kier alpha value is -0.630. The summed E-state index contributed by atoms with van der Waals surface area (Å²) < 4.78 is 24.2. The zero-order valence-electron chi connectivity index (χ0n) is 10.7. The van der Waals surface area contributed by atoms with E-state index in [1.54, 1.807) is 13.0 Å². The van der Waals surface area contributed by atoms with Crippen molar-refractivity contribution in [1.29, 1.82) is 0 Å². The first kappa shape index (κ1) is 16.4. The molecule has 6 nitrogen and oxygen atoms in total. The molecule has 0 amide bonds. The summed E-state index contributed by atoms with van der Waals surface area (Å²) in [5.74, 6) is 0. The fraction of sp³-hybridized carbons (Fsp3) is 0.600. The second kappa shape index (κ2) is 7.23. The van der Waals surface area contributed by atoms with Gasteiger partial charge in [-0.25, -0.2) is 12.7 Å². The van der Waals surface area contributed by atoms with E-state index < -0.39 is 10.0 Å². The van der Waals surface area contributed by atoms with Crippen LogP contribution in [0.2, 0.25) is 10.3 Å². The highest BCUT2D eigenvalue weighted by Crippen LogP contribution is 2.20. The molecule has 0 aromatic carbocycles. The van der Waals surface area contributed by atoms with Crippen LogP contribution in [0.5, 0.6) is 0 Å². The van der Waals surface area contributed by atoms with Crippen molar-refractivity contribution in [3.05, 3.63) is 16.4 Å².